The molecule has 3 rings (SSSR count). The number of oxazole rings is 1. The van der Waals surface area contributed by atoms with Crippen LogP contribution in [0.15, 0.2) is 59.1 Å². The van der Waals surface area contributed by atoms with Gasteiger partial charge in [-0.15, -0.1) is 0 Å². The van der Waals surface area contributed by atoms with Crippen molar-refractivity contribution in [3.05, 3.63) is 60.6 Å². The van der Waals surface area contributed by atoms with Gasteiger partial charge in [0.25, 0.3) is 5.52 Å². The number of nitrogens with zero attached hydrogens (tertiary/aromatic N) is 1. The van der Waals surface area contributed by atoms with E-state index in [4.69, 9.17) is 9.15 Å². The number of hydrogen-bond acceptors (Lipinski definition) is 7. The second-order valence-corrected chi connectivity index (χ2v) is 6.73. The monoisotopic (exact) mass is 420 g/mol. The summed E-state index contributed by atoms with van der Waals surface area (Å²) in [5.41, 5.74) is 2.92. The lowest BCUT2D eigenvalue weighted by Crippen LogP contribution is -2.33. The summed E-state index contributed by atoms with van der Waals surface area (Å²) in [6.45, 7) is 4.25. The zero-order valence-electron chi connectivity index (χ0n) is 16.5. The minimum Gasteiger partial charge on any atom is -0.726 e. The van der Waals surface area contributed by atoms with Crippen LogP contribution in [0.2, 0.25) is 0 Å². The average molecular weight is 420 g/mol. The Morgan fingerprint density at radius 2 is 1.90 bits per heavy atom. The number of anilines is 1. The van der Waals surface area contributed by atoms with Gasteiger partial charge in [-0.3, -0.25) is 4.18 Å². The van der Waals surface area contributed by atoms with Gasteiger partial charge in [-0.1, -0.05) is 18.2 Å². The van der Waals surface area contributed by atoms with E-state index in [1.165, 1.54) is 6.92 Å². The van der Waals surface area contributed by atoms with Crippen LogP contribution in [0.25, 0.3) is 17.2 Å². The van der Waals surface area contributed by atoms with Crippen LogP contribution >= 0.6 is 0 Å². The third-order valence-electron chi connectivity index (χ3n) is 3.77. The molecule has 1 aromatic heterocycles. The van der Waals surface area contributed by atoms with E-state index in [0.29, 0.717) is 0 Å². The van der Waals surface area contributed by atoms with Gasteiger partial charge in [-0.05, 0) is 38.1 Å². The number of hydrogen-bond donors (Lipinski definition) is 1. The van der Waals surface area contributed by atoms with Gasteiger partial charge >= 0.3 is 5.89 Å². The first-order chi connectivity index (χ1) is 13.9. The normalized spacial score (nSPS) is 11.3. The van der Waals surface area contributed by atoms with E-state index in [-0.39, 0.29) is 6.61 Å². The lowest BCUT2D eigenvalue weighted by atomic mass is 10.3. The fourth-order valence-corrected chi connectivity index (χ4v) is 2.83. The Bertz CT molecular complexity index is 1050. The lowest BCUT2D eigenvalue weighted by Gasteiger charge is -2.02. The maximum absolute atomic E-state index is 9.45. The van der Waals surface area contributed by atoms with Gasteiger partial charge in [0.1, 0.15) is 12.3 Å². The fourth-order valence-electron chi connectivity index (χ4n) is 2.55. The Morgan fingerprint density at radius 3 is 2.45 bits per heavy atom. The maximum atomic E-state index is 9.45. The van der Waals surface area contributed by atoms with Crippen molar-refractivity contribution in [3.8, 4) is 5.75 Å². The molecule has 3 aromatic rings. The van der Waals surface area contributed by atoms with Crippen molar-refractivity contribution in [1.82, 2.24) is 0 Å². The molecular weight excluding hydrogens is 396 g/mol. The smallest absolute Gasteiger partial charge is 0.375 e. The second kappa shape index (κ2) is 10.6. The predicted octanol–water partition coefficient (Wildman–Crippen LogP) is 3.31. The quantitative estimate of drug-likeness (QED) is 0.355. The van der Waals surface area contributed by atoms with Crippen LogP contribution in [0.1, 0.15) is 19.7 Å². The summed E-state index contributed by atoms with van der Waals surface area (Å²) >= 11 is 0. The second-order valence-electron chi connectivity index (χ2n) is 5.68. The number of fused-ring (bicyclic) bond motifs is 1. The lowest BCUT2D eigenvalue weighted by molar-refractivity contribution is -0.674. The van der Waals surface area contributed by atoms with Gasteiger partial charge in [-0.25, -0.2) is 8.42 Å². The molecule has 8 nitrogen and oxygen atoms in total. The largest absolute Gasteiger partial charge is 0.726 e. The van der Waals surface area contributed by atoms with E-state index >= 15 is 0 Å². The van der Waals surface area contributed by atoms with Crippen LogP contribution in [0.4, 0.5) is 5.69 Å². The van der Waals surface area contributed by atoms with Gasteiger partial charge < -0.3 is 19.0 Å². The maximum Gasteiger partial charge on any atom is 0.375 e. The molecule has 29 heavy (non-hydrogen) atoms. The van der Waals surface area contributed by atoms with Gasteiger partial charge in [0.05, 0.1) is 25.9 Å². The minimum absolute atomic E-state index is 0.0914. The SMILES string of the molecule is CCOS(=O)(=O)[O-].CC[n+]1c(/C=C/Nc2ccccc2)oc2ccc(OC)cc21. The number of rotatable bonds is 7. The molecule has 0 aliphatic heterocycles. The first-order valence-electron chi connectivity index (χ1n) is 8.96. The summed E-state index contributed by atoms with van der Waals surface area (Å²) in [5.74, 6) is 1.63. The molecule has 0 amide bonds. The van der Waals surface area contributed by atoms with Gasteiger partial charge in [0.2, 0.25) is 16.0 Å². The van der Waals surface area contributed by atoms with E-state index in [1.54, 1.807) is 7.11 Å². The van der Waals surface area contributed by atoms with Gasteiger partial charge in [-0.2, -0.15) is 4.57 Å². The fraction of sp³-hybridized carbons (Fsp3) is 0.250. The molecule has 0 bridgehead atoms. The molecule has 0 fully saturated rings. The molecule has 0 spiro atoms. The van der Waals surface area contributed by atoms with Crippen LogP contribution in [0.3, 0.4) is 0 Å². The number of ether oxygens (including phenoxy) is 1. The summed E-state index contributed by atoms with van der Waals surface area (Å²) in [6.07, 6.45) is 3.82. The number of aromatic nitrogens is 1. The number of nitrogens with one attached hydrogen (secondary N) is 1. The van der Waals surface area contributed by atoms with Crippen LogP contribution in [-0.2, 0) is 21.1 Å². The van der Waals surface area contributed by atoms with Crippen LogP contribution in [0, 0.1) is 0 Å². The van der Waals surface area contributed by atoms with E-state index in [9.17, 15) is 13.0 Å². The van der Waals surface area contributed by atoms with Crippen molar-refractivity contribution >= 4 is 33.3 Å². The van der Waals surface area contributed by atoms with Crippen molar-refractivity contribution in [2.45, 2.75) is 20.4 Å². The molecular formula is C20H24N2O6S. The molecule has 156 valence electrons. The Balaban J connectivity index is 0.000000370. The Labute approximate surface area is 170 Å². The Kier molecular flexibility index (Phi) is 8.20. The molecule has 0 unspecified atom stereocenters. The molecule has 0 saturated heterocycles. The minimum atomic E-state index is -4.42. The Morgan fingerprint density at radius 1 is 1.17 bits per heavy atom. The molecule has 9 heteroatoms. The summed E-state index contributed by atoms with van der Waals surface area (Å²) in [4.78, 5) is 0. The summed E-state index contributed by atoms with van der Waals surface area (Å²) in [5, 5.41) is 3.23. The third-order valence-corrected chi connectivity index (χ3v) is 4.29. The first kappa shape index (κ1) is 22.4. The van der Waals surface area contributed by atoms with E-state index in [0.717, 1.165) is 35.0 Å². The van der Waals surface area contributed by atoms with Crippen molar-refractivity contribution in [3.63, 3.8) is 0 Å². The van der Waals surface area contributed by atoms with Crippen LogP contribution in [-0.4, -0.2) is 26.7 Å². The van der Waals surface area contributed by atoms with Crippen LogP contribution in [0.5, 0.6) is 5.75 Å². The summed E-state index contributed by atoms with van der Waals surface area (Å²) in [6, 6.07) is 15.8. The highest BCUT2D eigenvalue weighted by molar-refractivity contribution is 7.80. The first-order valence-corrected chi connectivity index (χ1v) is 10.3. The summed E-state index contributed by atoms with van der Waals surface area (Å²) in [7, 11) is -2.76. The van der Waals surface area contributed by atoms with Gasteiger partial charge in [0, 0.05) is 11.9 Å². The van der Waals surface area contributed by atoms with E-state index in [2.05, 4.69) is 21.0 Å². The number of methoxy groups -OCH3 is 1. The highest BCUT2D eigenvalue weighted by Crippen LogP contribution is 2.20. The highest BCUT2D eigenvalue weighted by Gasteiger charge is 2.19. The third kappa shape index (κ3) is 6.90. The highest BCUT2D eigenvalue weighted by atomic mass is 32.3. The molecule has 0 aliphatic rings. The standard InChI is InChI=1S/C18H18N2O2.C2H6O4S/c1-3-20-16-13-15(21-2)9-10-17(16)22-18(20)11-12-19-14-7-5-4-6-8-14;1-2-6-7(3,4)5/h4-13H,3H2,1-2H3;2H2,1H3,(H,3,4,5). The van der Waals surface area contributed by atoms with E-state index < -0.39 is 10.4 Å². The average Bonchev–Trinajstić information content (AvgIpc) is 3.04. The molecule has 2 aromatic carbocycles. The van der Waals surface area contributed by atoms with Crippen LogP contribution < -0.4 is 14.6 Å². The number of aryl methyl sites for hydroxylation is 1. The number of para-hydroxylation sites is 1. The molecule has 0 radical (unpaired) electrons. The predicted molar refractivity (Wildman–Crippen MR) is 109 cm³/mol. The summed E-state index contributed by atoms with van der Waals surface area (Å²) < 4.78 is 45.3. The topological polar surface area (TPSA) is 105 Å². The zero-order chi connectivity index (χ0) is 21.3. The number of benzene rings is 2. The van der Waals surface area contributed by atoms with Crippen molar-refractivity contribution < 1.29 is 30.9 Å². The Hall–Kier alpha value is -2.88. The van der Waals surface area contributed by atoms with Crippen molar-refractivity contribution in [1.29, 1.82) is 0 Å². The molecule has 0 aliphatic carbocycles. The molecule has 0 atom stereocenters. The van der Waals surface area contributed by atoms with Crippen molar-refractivity contribution in [2.24, 2.45) is 0 Å². The zero-order valence-corrected chi connectivity index (χ0v) is 17.3. The van der Waals surface area contributed by atoms with Crippen molar-refractivity contribution in [2.75, 3.05) is 19.0 Å². The van der Waals surface area contributed by atoms with E-state index in [1.807, 2.05) is 60.8 Å². The molecule has 0 saturated carbocycles. The molecule has 1 N–H and O–H groups in total. The molecule has 1 heterocycles. The van der Waals surface area contributed by atoms with Gasteiger partial charge in [0.15, 0.2) is 0 Å².